The summed E-state index contributed by atoms with van der Waals surface area (Å²) in [4.78, 5) is 56.5. The fourth-order valence-corrected chi connectivity index (χ4v) is 4.72. The molecule has 46 heavy (non-hydrogen) atoms. The number of nitrogens with one attached hydrogen (secondary N) is 2. The van der Waals surface area contributed by atoms with E-state index in [9.17, 15) is 19.2 Å². The zero-order chi connectivity index (χ0) is 34.7. The molecule has 0 fully saturated rings. The third-order valence-electron chi connectivity index (χ3n) is 6.88. The second-order valence-corrected chi connectivity index (χ2v) is 13.7. The molecule has 2 rings (SSSR count). The molecule has 2 aromatic carbocycles. The van der Waals surface area contributed by atoms with Gasteiger partial charge in [-0.2, -0.15) is 0 Å². The van der Waals surface area contributed by atoms with Crippen LogP contribution < -0.4 is 10.6 Å². The van der Waals surface area contributed by atoms with Gasteiger partial charge in [-0.1, -0.05) is 75.6 Å². The van der Waals surface area contributed by atoms with Crippen LogP contribution in [0.3, 0.4) is 0 Å². The van der Waals surface area contributed by atoms with E-state index in [0.29, 0.717) is 17.5 Å². The van der Waals surface area contributed by atoms with Gasteiger partial charge in [0.05, 0.1) is 0 Å². The van der Waals surface area contributed by atoms with Crippen molar-refractivity contribution in [3.8, 4) is 12.3 Å². The topological polar surface area (TPSA) is 114 Å². The van der Waals surface area contributed by atoms with E-state index in [2.05, 4.69) is 16.6 Å². The Balaban J connectivity index is 2.61. The fourth-order valence-electron chi connectivity index (χ4n) is 4.72. The number of rotatable bonds is 13. The summed E-state index contributed by atoms with van der Waals surface area (Å²) >= 11 is 0. The van der Waals surface area contributed by atoms with Crippen LogP contribution in [0, 0.1) is 18.3 Å². The van der Waals surface area contributed by atoms with E-state index >= 15 is 0 Å². The van der Waals surface area contributed by atoms with Gasteiger partial charge < -0.3 is 25.0 Å². The molecule has 9 heteroatoms. The van der Waals surface area contributed by atoms with Gasteiger partial charge >= 0.3 is 12.1 Å². The lowest BCUT2D eigenvalue weighted by molar-refractivity contribution is -0.159. The highest BCUT2D eigenvalue weighted by Gasteiger charge is 2.39. The fraction of sp³-hybridized carbons (Fsp3) is 0.514. The van der Waals surface area contributed by atoms with Gasteiger partial charge in [0.1, 0.15) is 29.3 Å². The monoisotopic (exact) mass is 633 g/mol. The Bertz CT molecular complexity index is 1350. The molecule has 0 aliphatic rings. The number of carbonyl (C=O) groups excluding carboxylic acids is 4. The zero-order valence-electron chi connectivity index (χ0n) is 28.8. The van der Waals surface area contributed by atoms with Crippen LogP contribution in [0.1, 0.15) is 97.9 Å². The molecule has 0 aromatic heterocycles. The Hall–Kier alpha value is -4.32. The number of amides is 3. The van der Waals surface area contributed by atoms with Crippen molar-refractivity contribution in [3.63, 3.8) is 0 Å². The summed E-state index contributed by atoms with van der Waals surface area (Å²) in [6.07, 6.45) is 6.38. The van der Waals surface area contributed by atoms with Gasteiger partial charge in [-0.25, -0.2) is 9.59 Å². The van der Waals surface area contributed by atoms with Crippen LogP contribution in [0.4, 0.5) is 4.79 Å². The lowest BCUT2D eigenvalue weighted by Crippen LogP contribution is -2.56. The number of hydrogen-bond donors (Lipinski definition) is 2. The van der Waals surface area contributed by atoms with Crippen LogP contribution in [0.2, 0.25) is 0 Å². The van der Waals surface area contributed by atoms with E-state index < -0.39 is 53.2 Å². The van der Waals surface area contributed by atoms with E-state index in [-0.39, 0.29) is 18.9 Å². The Morgan fingerprint density at radius 1 is 0.870 bits per heavy atom. The molecule has 2 N–H and O–H groups in total. The Morgan fingerprint density at radius 2 is 1.46 bits per heavy atom. The molecule has 3 unspecified atom stereocenters. The smallest absolute Gasteiger partial charge is 0.408 e. The number of hydrogen-bond acceptors (Lipinski definition) is 6. The SMILES string of the molecule is C#Cc1ccc(C(C(=O)NC(Cc2ccccc2)C(=O)OC(C)(C)C)N(CCCC)C(=O)C(NC(=O)OC(C)(C)C)C(C)C)cc1. The van der Waals surface area contributed by atoms with Crippen LogP contribution in [-0.2, 0) is 30.3 Å². The summed E-state index contributed by atoms with van der Waals surface area (Å²) in [5.74, 6) is 0.635. The third-order valence-corrected chi connectivity index (χ3v) is 6.88. The first-order valence-corrected chi connectivity index (χ1v) is 15.9. The number of carbonyl (C=O) groups is 4. The quantitative estimate of drug-likeness (QED) is 0.208. The minimum Gasteiger partial charge on any atom is -0.458 e. The summed E-state index contributed by atoms with van der Waals surface area (Å²) in [6.45, 7) is 16.3. The molecule has 0 aliphatic carbocycles. The van der Waals surface area contributed by atoms with Gasteiger partial charge in [0.2, 0.25) is 11.8 Å². The minimum absolute atomic E-state index is 0.183. The highest BCUT2D eigenvalue weighted by atomic mass is 16.6. The molecule has 0 aliphatic heterocycles. The van der Waals surface area contributed by atoms with Crippen molar-refractivity contribution in [2.45, 2.75) is 111 Å². The number of alkyl carbamates (subject to hydrolysis) is 1. The summed E-state index contributed by atoms with van der Waals surface area (Å²) in [6, 6.07) is 13.0. The lowest BCUT2D eigenvalue weighted by atomic mass is 9.97. The first kappa shape index (κ1) is 37.9. The number of terminal acetylenes is 1. The molecule has 0 saturated heterocycles. The summed E-state index contributed by atoms with van der Waals surface area (Å²) in [7, 11) is 0. The molecule has 0 spiro atoms. The second kappa shape index (κ2) is 16.8. The van der Waals surface area contributed by atoms with E-state index in [1.807, 2.05) is 51.1 Å². The van der Waals surface area contributed by atoms with E-state index in [0.717, 1.165) is 12.0 Å². The number of benzene rings is 2. The van der Waals surface area contributed by atoms with Crippen LogP contribution in [0.5, 0.6) is 0 Å². The van der Waals surface area contributed by atoms with Crippen molar-refractivity contribution < 1.29 is 28.7 Å². The Kier molecular flexibility index (Phi) is 13.9. The third kappa shape index (κ3) is 12.2. The van der Waals surface area contributed by atoms with Gasteiger partial charge in [0, 0.05) is 18.5 Å². The highest BCUT2D eigenvalue weighted by Crippen LogP contribution is 2.26. The largest absolute Gasteiger partial charge is 0.458 e. The molecular weight excluding hydrogens is 582 g/mol. The van der Waals surface area contributed by atoms with Crippen molar-refractivity contribution in [1.82, 2.24) is 15.5 Å². The average molecular weight is 634 g/mol. The molecule has 0 saturated carbocycles. The maximum Gasteiger partial charge on any atom is 0.408 e. The standard InChI is InChI=1S/C37H51N3O6/c1-11-13-23-40(33(42)30(25(3)4)39-35(44)46-37(8,9)10)31(28-21-19-26(12-2)20-22-28)32(41)38-29(34(43)45-36(5,6)7)24-27-17-15-14-16-18-27/h2,14-22,25,29-31H,11,13,23-24H2,1,3-10H3,(H,38,41)(H,39,44). The van der Waals surface area contributed by atoms with Crippen LogP contribution in [-0.4, -0.2) is 58.6 Å². The van der Waals surface area contributed by atoms with Crippen molar-refractivity contribution in [1.29, 1.82) is 0 Å². The van der Waals surface area contributed by atoms with Gasteiger partial charge in [-0.15, -0.1) is 6.42 Å². The maximum atomic E-state index is 14.4. The minimum atomic E-state index is -1.15. The first-order valence-electron chi connectivity index (χ1n) is 15.9. The van der Waals surface area contributed by atoms with Crippen LogP contribution >= 0.6 is 0 Å². The Labute approximate surface area is 274 Å². The lowest BCUT2D eigenvalue weighted by Gasteiger charge is -2.36. The molecule has 0 radical (unpaired) electrons. The number of unbranched alkanes of at least 4 members (excludes halogenated alkanes) is 1. The number of ether oxygens (including phenoxy) is 2. The molecule has 0 bridgehead atoms. The molecule has 0 heterocycles. The zero-order valence-corrected chi connectivity index (χ0v) is 28.8. The molecule has 2 aromatic rings. The highest BCUT2D eigenvalue weighted by molar-refractivity contribution is 5.94. The predicted molar refractivity (Wildman–Crippen MR) is 180 cm³/mol. The molecular formula is C37H51N3O6. The van der Waals surface area contributed by atoms with Gasteiger partial charge in [0.25, 0.3) is 0 Å². The Morgan fingerprint density at radius 3 is 1.96 bits per heavy atom. The van der Waals surface area contributed by atoms with Crippen molar-refractivity contribution in [2.75, 3.05) is 6.54 Å². The van der Waals surface area contributed by atoms with E-state index in [1.54, 1.807) is 65.8 Å². The second-order valence-electron chi connectivity index (χ2n) is 13.7. The van der Waals surface area contributed by atoms with Crippen LogP contribution in [0.25, 0.3) is 0 Å². The van der Waals surface area contributed by atoms with Crippen molar-refractivity contribution in [3.05, 3.63) is 71.3 Å². The number of nitrogens with zero attached hydrogens (tertiary/aromatic N) is 1. The van der Waals surface area contributed by atoms with E-state index in [4.69, 9.17) is 15.9 Å². The maximum absolute atomic E-state index is 14.4. The van der Waals surface area contributed by atoms with Gasteiger partial charge in [-0.05, 0) is 77.1 Å². The molecule has 250 valence electrons. The summed E-state index contributed by atoms with van der Waals surface area (Å²) < 4.78 is 11.1. The number of esters is 1. The van der Waals surface area contributed by atoms with Gasteiger partial charge in [0.15, 0.2) is 0 Å². The molecule has 9 nitrogen and oxygen atoms in total. The summed E-state index contributed by atoms with van der Waals surface area (Å²) in [5, 5.41) is 5.63. The van der Waals surface area contributed by atoms with Gasteiger partial charge in [-0.3, -0.25) is 9.59 Å². The van der Waals surface area contributed by atoms with Crippen LogP contribution in [0.15, 0.2) is 54.6 Å². The first-order chi connectivity index (χ1) is 21.5. The predicted octanol–water partition coefficient (Wildman–Crippen LogP) is 5.96. The van der Waals surface area contributed by atoms with Crippen molar-refractivity contribution >= 4 is 23.9 Å². The molecule has 3 amide bonds. The normalized spacial score (nSPS) is 13.5. The average Bonchev–Trinajstić information content (AvgIpc) is 2.96. The summed E-state index contributed by atoms with van der Waals surface area (Å²) in [5.41, 5.74) is 0.379. The van der Waals surface area contributed by atoms with Crippen molar-refractivity contribution in [2.24, 2.45) is 5.92 Å². The molecule has 3 atom stereocenters. The van der Waals surface area contributed by atoms with E-state index in [1.165, 1.54) is 4.90 Å².